The zero-order valence-electron chi connectivity index (χ0n) is 8.09. The fraction of sp³-hybridized carbons (Fsp3) is 0.400. The summed E-state index contributed by atoms with van der Waals surface area (Å²) in [6.07, 6.45) is 5.81. The van der Waals surface area contributed by atoms with Gasteiger partial charge in [0.05, 0.1) is 0 Å². The molecule has 0 rings (SSSR count). The highest BCUT2D eigenvalue weighted by molar-refractivity contribution is 5.31. The van der Waals surface area contributed by atoms with Gasteiger partial charge in [0.25, 0.3) is 0 Å². The van der Waals surface area contributed by atoms with Crippen LogP contribution in [0.4, 0.5) is 0 Å². The van der Waals surface area contributed by atoms with Crippen molar-refractivity contribution >= 4 is 0 Å². The summed E-state index contributed by atoms with van der Waals surface area (Å²) in [5.74, 6) is 0. The van der Waals surface area contributed by atoms with E-state index in [4.69, 9.17) is 11.5 Å². The minimum absolute atomic E-state index is 0.584. The first kappa shape index (κ1) is 11.0. The molecule has 0 aliphatic rings. The molecule has 0 aromatic rings. The van der Waals surface area contributed by atoms with Gasteiger partial charge in [0.15, 0.2) is 0 Å². The van der Waals surface area contributed by atoms with E-state index >= 15 is 0 Å². The van der Waals surface area contributed by atoms with Crippen LogP contribution in [-0.4, -0.2) is 6.54 Å². The highest BCUT2D eigenvalue weighted by atomic mass is 14.6. The number of allylic oxidation sites excluding steroid dienone is 4. The minimum atomic E-state index is 0.584. The SMILES string of the molecule is C\C=C/C(N)=C(C)\C=C(/C)CN. The van der Waals surface area contributed by atoms with Crippen molar-refractivity contribution in [2.45, 2.75) is 20.8 Å². The summed E-state index contributed by atoms with van der Waals surface area (Å²) in [7, 11) is 0. The van der Waals surface area contributed by atoms with Gasteiger partial charge in [-0.3, -0.25) is 0 Å². The molecule has 0 saturated heterocycles. The van der Waals surface area contributed by atoms with E-state index in [0.29, 0.717) is 6.54 Å². The molecule has 0 unspecified atom stereocenters. The summed E-state index contributed by atoms with van der Waals surface area (Å²) in [4.78, 5) is 0. The molecule has 0 aliphatic carbocycles. The molecule has 2 nitrogen and oxygen atoms in total. The van der Waals surface area contributed by atoms with Crippen molar-refractivity contribution in [2.75, 3.05) is 6.54 Å². The molecule has 68 valence electrons. The Labute approximate surface area is 74.6 Å². The first-order chi connectivity index (χ1) is 5.61. The summed E-state index contributed by atoms with van der Waals surface area (Å²) in [5, 5.41) is 0. The molecule has 0 aromatic carbocycles. The van der Waals surface area contributed by atoms with Gasteiger partial charge in [0.1, 0.15) is 0 Å². The average molecular weight is 166 g/mol. The quantitative estimate of drug-likeness (QED) is 0.627. The Kier molecular flexibility index (Phi) is 5.13. The molecule has 12 heavy (non-hydrogen) atoms. The molecule has 0 radical (unpaired) electrons. The molecule has 2 heteroatoms. The smallest absolute Gasteiger partial charge is 0.0340 e. The Morgan fingerprint density at radius 2 is 1.92 bits per heavy atom. The van der Waals surface area contributed by atoms with E-state index in [2.05, 4.69) is 0 Å². The number of hydrogen-bond donors (Lipinski definition) is 2. The highest BCUT2D eigenvalue weighted by Gasteiger charge is 1.90. The van der Waals surface area contributed by atoms with E-state index in [1.54, 1.807) is 0 Å². The second-order valence-electron chi connectivity index (χ2n) is 2.83. The van der Waals surface area contributed by atoms with Crippen LogP contribution in [0.1, 0.15) is 20.8 Å². The van der Waals surface area contributed by atoms with Crippen LogP contribution in [0.15, 0.2) is 35.1 Å². The van der Waals surface area contributed by atoms with E-state index < -0.39 is 0 Å². The van der Waals surface area contributed by atoms with Gasteiger partial charge in [-0.05, 0) is 32.4 Å². The lowest BCUT2D eigenvalue weighted by atomic mass is 10.1. The van der Waals surface area contributed by atoms with Crippen LogP contribution in [-0.2, 0) is 0 Å². The van der Waals surface area contributed by atoms with Gasteiger partial charge in [0.2, 0.25) is 0 Å². The highest BCUT2D eigenvalue weighted by Crippen LogP contribution is 2.04. The minimum Gasteiger partial charge on any atom is -0.399 e. The van der Waals surface area contributed by atoms with Crippen molar-refractivity contribution in [2.24, 2.45) is 11.5 Å². The third-order valence-corrected chi connectivity index (χ3v) is 1.59. The molecule has 0 bridgehead atoms. The zero-order valence-corrected chi connectivity index (χ0v) is 8.09. The van der Waals surface area contributed by atoms with Crippen LogP contribution in [0.25, 0.3) is 0 Å². The van der Waals surface area contributed by atoms with Crippen LogP contribution >= 0.6 is 0 Å². The molecular weight excluding hydrogens is 148 g/mol. The Bertz CT molecular complexity index is 222. The fourth-order valence-electron chi connectivity index (χ4n) is 0.823. The van der Waals surface area contributed by atoms with Crippen molar-refractivity contribution in [1.82, 2.24) is 0 Å². The molecule has 0 fully saturated rings. The summed E-state index contributed by atoms with van der Waals surface area (Å²) >= 11 is 0. The third-order valence-electron chi connectivity index (χ3n) is 1.59. The lowest BCUT2D eigenvalue weighted by Gasteiger charge is -1.99. The molecule has 0 heterocycles. The van der Waals surface area contributed by atoms with Gasteiger partial charge in [0, 0.05) is 12.2 Å². The third kappa shape index (κ3) is 3.98. The predicted octanol–water partition coefficient (Wildman–Crippen LogP) is 1.70. The number of hydrogen-bond acceptors (Lipinski definition) is 2. The molecular formula is C10H18N2. The largest absolute Gasteiger partial charge is 0.399 e. The molecule has 0 aliphatic heterocycles. The van der Waals surface area contributed by atoms with Crippen LogP contribution < -0.4 is 11.5 Å². The normalized spacial score (nSPS) is 15.2. The second kappa shape index (κ2) is 5.61. The lowest BCUT2D eigenvalue weighted by Crippen LogP contribution is -2.01. The standard InChI is InChI=1S/C10H18N2/c1-4-5-10(12)9(3)6-8(2)7-11/h4-6H,7,11-12H2,1-3H3/b5-4-,8-6+,10-9+. The summed E-state index contributed by atoms with van der Waals surface area (Å²) in [6, 6.07) is 0. The van der Waals surface area contributed by atoms with Crippen molar-refractivity contribution < 1.29 is 0 Å². The van der Waals surface area contributed by atoms with Gasteiger partial charge in [-0.2, -0.15) is 0 Å². The van der Waals surface area contributed by atoms with E-state index in [1.165, 1.54) is 0 Å². The Morgan fingerprint density at radius 3 is 2.33 bits per heavy atom. The maximum Gasteiger partial charge on any atom is 0.0340 e. The first-order valence-corrected chi connectivity index (χ1v) is 4.08. The zero-order chi connectivity index (χ0) is 9.56. The molecule has 0 amide bonds. The van der Waals surface area contributed by atoms with Gasteiger partial charge < -0.3 is 11.5 Å². The topological polar surface area (TPSA) is 52.0 Å². The molecule has 4 N–H and O–H groups in total. The van der Waals surface area contributed by atoms with Crippen molar-refractivity contribution in [1.29, 1.82) is 0 Å². The Morgan fingerprint density at radius 1 is 1.33 bits per heavy atom. The van der Waals surface area contributed by atoms with Gasteiger partial charge in [-0.1, -0.05) is 17.7 Å². The lowest BCUT2D eigenvalue weighted by molar-refractivity contribution is 1.13. The molecule has 0 aromatic heterocycles. The first-order valence-electron chi connectivity index (χ1n) is 4.08. The van der Waals surface area contributed by atoms with Crippen LogP contribution in [0.2, 0.25) is 0 Å². The van der Waals surface area contributed by atoms with Crippen molar-refractivity contribution in [3.05, 3.63) is 35.1 Å². The van der Waals surface area contributed by atoms with E-state index in [-0.39, 0.29) is 0 Å². The van der Waals surface area contributed by atoms with E-state index in [9.17, 15) is 0 Å². The Hall–Kier alpha value is -1.02. The Balaban J connectivity index is 4.56. The summed E-state index contributed by atoms with van der Waals surface area (Å²) < 4.78 is 0. The van der Waals surface area contributed by atoms with E-state index in [0.717, 1.165) is 16.8 Å². The summed E-state index contributed by atoms with van der Waals surface area (Å²) in [6.45, 7) is 6.50. The van der Waals surface area contributed by atoms with Crippen LogP contribution in [0.3, 0.4) is 0 Å². The second-order valence-corrected chi connectivity index (χ2v) is 2.83. The van der Waals surface area contributed by atoms with Crippen LogP contribution in [0.5, 0.6) is 0 Å². The maximum absolute atomic E-state index is 5.74. The van der Waals surface area contributed by atoms with Gasteiger partial charge >= 0.3 is 0 Å². The van der Waals surface area contributed by atoms with Crippen LogP contribution in [0, 0.1) is 0 Å². The van der Waals surface area contributed by atoms with Crippen molar-refractivity contribution in [3.8, 4) is 0 Å². The summed E-state index contributed by atoms with van der Waals surface area (Å²) in [5.41, 5.74) is 14.2. The maximum atomic E-state index is 5.74. The van der Waals surface area contributed by atoms with Gasteiger partial charge in [-0.25, -0.2) is 0 Å². The predicted molar refractivity (Wildman–Crippen MR) is 54.5 cm³/mol. The fourth-order valence-corrected chi connectivity index (χ4v) is 0.823. The number of nitrogens with two attached hydrogens (primary N) is 2. The van der Waals surface area contributed by atoms with Crippen molar-refractivity contribution in [3.63, 3.8) is 0 Å². The average Bonchev–Trinajstić information content (AvgIpc) is 2.04. The number of rotatable bonds is 3. The molecule has 0 spiro atoms. The molecule has 0 saturated carbocycles. The monoisotopic (exact) mass is 166 g/mol. The molecule has 0 atom stereocenters. The van der Waals surface area contributed by atoms with E-state index in [1.807, 2.05) is 39.0 Å². The van der Waals surface area contributed by atoms with Gasteiger partial charge in [-0.15, -0.1) is 0 Å².